The molecule has 1 heterocycles. The Morgan fingerprint density at radius 1 is 1.69 bits per heavy atom. The van der Waals surface area contributed by atoms with Crippen LogP contribution in [0, 0.1) is 10.1 Å². The molecule has 1 aromatic rings. The van der Waals surface area contributed by atoms with Crippen LogP contribution in [0.15, 0.2) is 12.3 Å². The summed E-state index contributed by atoms with van der Waals surface area (Å²) in [6, 6.07) is 0.0581. The number of nitrogens with one attached hydrogen (secondary N) is 1. The molecule has 0 fully saturated rings. The number of aromatic nitrogens is 1. The van der Waals surface area contributed by atoms with E-state index in [9.17, 15) is 14.9 Å². The lowest BCUT2D eigenvalue weighted by Gasteiger charge is -2.03. The highest BCUT2D eigenvalue weighted by atomic mass is 32.1. The van der Waals surface area contributed by atoms with Crippen molar-refractivity contribution in [1.82, 2.24) is 10.3 Å². The Balaban J connectivity index is 2.62. The quantitative estimate of drug-likeness (QED) is 0.492. The van der Waals surface area contributed by atoms with E-state index in [2.05, 4.69) is 10.3 Å². The zero-order chi connectivity index (χ0) is 12.1. The third-order valence-electron chi connectivity index (χ3n) is 1.50. The minimum atomic E-state index is -0.511. The maximum Gasteiger partial charge on any atom is 0.344 e. The van der Waals surface area contributed by atoms with Crippen LogP contribution in [0.3, 0.4) is 0 Å². The van der Waals surface area contributed by atoms with Crippen LogP contribution in [0.2, 0.25) is 0 Å². The van der Waals surface area contributed by atoms with Gasteiger partial charge in [0.2, 0.25) is 5.91 Å². The first-order valence-corrected chi connectivity index (χ1v) is 5.39. The smallest absolute Gasteiger partial charge is 0.344 e. The van der Waals surface area contributed by atoms with Crippen LogP contribution in [0.5, 0.6) is 0 Å². The van der Waals surface area contributed by atoms with Gasteiger partial charge in [-0.05, 0) is 31.3 Å². The Morgan fingerprint density at radius 2 is 2.38 bits per heavy atom. The largest absolute Gasteiger partial charge is 0.350 e. The number of amides is 1. The zero-order valence-electron chi connectivity index (χ0n) is 8.84. The van der Waals surface area contributed by atoms with Gasteiger partial charge < -0.3 is 5.32 Å². The maximum atomic E-state index is 11.2. The second kappa shape index (κ2) is 5.36. The molecule has 86 valence electrons. The van der Waals surface area contributed by atoms with Gasteiger partial charge in [0, 0.05) is 12.1 Å². The van der Waals surface area contributed by atoms with Gasteiger partial charge >= 0.3 is 5.00 Å². The van der Waals surface area contributed by atoms with Crippen LogP contribution in [-0.4, -0.2) is 21.9 Å². The van der Waals surface area contributed by atoms with Crippen molar-refractivity contribution >= 4 is 28.3 Å². The predicted octanol–water partition coefficient (Wildman–Crippen LogP) is 1.59. The first-order chi connectivity index (χ1) is 7.49. The van der Waals surface area contributed by atoms with Crippen LogP contribution >= 0.6 is 11.3 Å². The molecule has 0 radical (unpaired) electrons. The molecule has 0 aromatic carbocycles. The van der Waals surface area contributed by atoms with E-state index in [4.69, 9.17) is 0 Å². The third-order valence-corrected chi connectivity index (χ3v) is 2.41. The van der Waals surface area contributed by atoms with Gasteiger partial charge in [0.15, 0.2) is 0 Å². The second-order valence-corrected chi connectivity index (χ2v) is 4.33. The Labute approximate surface area is 96.2 Å². The first kappa shape index (κ1) is 12.3. The van der Waals surface area contributed by atoms with Gasteiger partial charge in [-0.3, -0.25) is 14.9 Å². The summed E-state index contributed by atoms with van der Waals surface area (Å²) in [5.74, 6) is -0.243. The zero-order valence-corrected chi connectivity index (χ0v) is 9.65. The van der Waals surface area contributed by atoms with Crippen molar-refractivity contribution in [3.8, 4) is 0 Å². The molecule has 1 aromatic heterocycles. The normalized spacial score (nSPS) is 10.9. The molecule has 0 aliphatic heterocycles. The molecule has 16 heavy (non-hydrogen) atoms. The van der Waals surface area contributed by atoms with Crippen molar-refractivity contribution in [2.75, 3.05) is 0 Å². The Hall–Kier alpha value is -1.76. The number of rotatable bonds is 4. The highest BCUT2D eigenvalue weighted by molar-refractivity contribution is 7.15. The number of hydrogen-bond donors (Lipinski definition) is 1. The second-order valence-electron chi connectivity index (χ2n) is 3.29. The highest BCUT2D eigenvalue weighted by Gasteiger charge is 2.09. The Kier molecular flexibility index (Phi) is 4.12. The standard InChI is InChI=1S/C9H11N3O3S/c1-6(2)11-7(13)3-4-8-10-5-9(16-8)12(14)15/h3-6H,1-2H3,(H,11,13). The highest BCUT2D eigenvalue weighted by Crippen LogP contribution is 2.21. The molecular formula is C9H11N3O3S. The summed E-state index contributed by atoms with van der Waals surface area (Å²) in [5.41, 5.74) is 0. The van der Waals surface area contributed by atoms with Crippen LogP contribution in [0.1, 0.15) is 18.9 Å². The molecule has 0 aliphatic rings. The van der Waals surface area contributed by atoms with Crippen LogP contribution in [0.4, 0.5) is 5.00 Å². The number of thiazole rings is 1. The lowest BCUT2D eigenvalue weighted by molar-refractivity contribution is -0.380. The lowest BCUT2D eigenvalue weighted by Crippen LogP contribution is -2.28. The van der Waals surface area contributed by atoms with Crippen LogP contribution < -0.4 is 5.32 Å². The van der Waals surface area contributed by atoms with Crippen molar-refractivity contribution < 1.29 is 9.72 Å². The molecule has 1 rings (SSSR count). The number of carbonyl (C=O) groups is 1. The Morgan fingerprint density at radius 3 is 2.88 bits per heavy atom. The summed E-state index contributed by atoms with van der Waals surface area (Å²) in [6.45, 7) is 3.69. The summed E-state index contributed by atoms with van der Waals surface area (Å²) >= 11 is 0.925. The molecular weight excluding hydrogens is 230 g/mol. The maximum absolute atomic E-state index is 11.2. The SMILES string of the molecule is CC(C)NC(=O)C=Cc1ncc([N+](=O)[O-])s1. The molecule has 0 saturated heterocycles. The summed E-state index contributed by atoms with van der Waals surface area (Å²) < 4.78 is 0. The summed E-state index contributed by atoms with van der Waals surface area (Å²) in [5, 5.41) is 13.4. The van der Waals surface area contributed by atoms with Crippen molar-refractivity contribution in [2.24, 2.45) is 0 Å². The lowest BCUT2D eigenvalue weighted by atomic mass is 10.4. The van der Waals surface area contributed by atoms with Gasteiger partial charge in [0.1, 0.15) is 11.2 Å². The average Bonchev–Trinajstić information content (AvgIpc) is 2.61. The van der Waals surface area contributed by atoms with E-state index in [1.807, 2.05) is 13.8 Å². The number of hydrogen-bond acceptors (Lipinski definition) is 5. The van der Waals surface area contributed by atoms with Gasteiger partial charge in [0.25, 0.3) is 0 Å². The van der Waals surface area contributed by atoms with Crippen molar-refractivity contribution in [1.29, 1.82) is 0 Å². The molecule has 0 saturated carbocycles. The Bertz CT molecular complexity index is 425. The van der Waals surface area contributed by atoms with E-state index >= 15 is 0 Å². The molecule has 1 amide bonds. The molecule has 0 atom stereocenters. The fourth-order valence-corrected chi connectivity index (χ4v) is 1.56. The van der Waals surface area contributed by atoms with Crippen molar-refractivity contribution in [2.45, 2.75) is 19.9 Å². The van der Waals surface area contributed by atoms with E-state index in [-0.39, 0.29) is 17.0 Å². The van der Waals surface area contributed by atoms with Gasteiger partial charge in [-0.15, -0.1) is 0 Å². The molecule has 0 spiro atoms. The fraction of sp³-hybridized carbons (Fsp3) is 0.333. The van der Waals surface area contributed by atoms with Crippen LogP contribution in [-0.2, 0) is 4.79 Å². The fourth-order valence-electron chi connectivity index (χ4n) is 0.920. The van der Waals surface area contributed by atoms with Crippen molar-refractivity contribution in [3.05, 3.63) is 27.4 Å². The summed E-state index contributed by atoms with van der Waals surface area (Å²) in [7, 11) is 0. The number of nitro groups is 1. The van der Waals surface area contributed by atoms with E-state index in [0.29, 0.717) is 5.01 Å². The van der Waals surface area contributed by atoms with Gasteiger partial charge in [0.05, 0.1) is 4.92 Å². The molecule has 0 aliphatic carbocycles. The molecule has 1 N–H and O–H groups in total. The van der Waals surface area contributed by atoms with Crippen LogP contribution in [0.25, 0.3) is 6.08 Å². The van der Waals surface area contributed by atoms with Gasteiger partial charge in [-0.2, -0.15) is 0 Å². The molecule has 0 bridgehead atoms. The predicted molar refractivity (Wildman–Crippen MR) is 61.1 cm³/mol. The number of nitrogens with zero attached hydrogens (tertiary/aromatic N) is 2. The first-order valence-electron chi connectivity index (χ1n) is 4.58. The van der Waals surface area contributed by atoms with E-state index < -0.39 is 4.92 Å². The number of carbonyl (C=O) groups excluding carboxylic acids is 1. The topological polar surface area (TPSA) is 85.1 Å². The van der Waals surface area contributed by atoms with Crippen molar-refractivity contribution in [3.63, 3.8) is 0 Å². The molecule has 7 heteroatoms. The summed E-state index contributed by atoms with van der Waals surface area (Å²) in [4.78, 5) is 24.9. The monoisotopic (exact) mass is 241 g/mol. The van der Waals surface area contributed by atoms with E-state index in [0.717, 1.165) is 11.3 Å². The molecule has 6 nitrogen and oxygen atoms in total. The minimum Gasteiger partial charge on any atom is -0.350 e. The van der Waals surface area contributed by atoms with Gasteiger partial charge in [-0.25, -0.2) is 4.98 Å². The third kappa shape index (κ3) is 3.77. The average molecular weight is 241 g/mol. The molecule has 0 unspecified atom stereocenters. The van der Waals surface area contributed by atoms with Gasteiger partial charge in [-0.1, -0.05) is 0 Å². The minimum absolute atomic E-state index is 0.0380. The van der Waals surface area contributed by atoms with E-state index in [1.54, 1.807) is 0 Å². The van der Waals surface area contributed by atoms with E-state index in [1.165, 1.54) is 18.3 Å². The summed E-state index contributed by atoms with van der Waals surface area (Å²) in [6.07, 6.45) is 3.93.